The summed E-state index contributed by atoms with van der Waals surface area (Å²) in [5, 5.41) is 0. The van der Waals surface area contributed by atoms with Crippen molar-refractivity contribution >= 4 is 11.8 Å². The largest absolute Gasteiger partial charge is 0.497 e. The van der Waals surface area contributed by atoms with Gasteiger partial charge in [0.1, 0.15) is 11.7 Å². The Morgan fingerprint density at radius 1 is 1.00 bits per heavy atom. The number of methoxy groups -OCH3 is 1. The van der Waals surface area contributed by atoms with Crippen molar-refractivity contribution < 1.29 is 19.1 Å². The minimum Gasteiger partial charge on any atom is -0.497 e. The summed E-state index contributed by atoms with van der Waals surface area (Å²) < 4.78 is 10.2. The number of benzene rings is 2. The topological polar surface area (TPSA) is 52.6 Å². The molecule has 23 heavy (non-hydrogen) atoms. The minimum atomic E-state index is -0.969. The zero-order valence-electron chi connectivity index (χ0n) is 13.5. The third-order valence-corrected chi connectivity index (χ3v) is 3.57. The fraction of sp³-hybridized carbons (Fsp3) is 0.263. The molecule has 4 nitrogen and oxygen atoms in total. The molecule has 0 heterocycles. The molecule has 0 saturated heterocycles. The van der Waals surface area contributed by atoms with Gasteiger partial charge in [0.25, 0.3) is 0 Å². The molecule has 1 atom stereocenters. The van der Waals surface area contributed by atoms with Crippen LogP contribution in [0.1, 0.15) is 34.3 Å². The van der Waals surface area contributed by atoms with Crippen LogP contribution in [0.3, 0.4) is 0 Å². The summed E-state index contributed by atoms with van der Waals surface area (Å²) in [6.07, 6.45) is 0. The lowest BCUT2D eigenvalue weighted by Crippen LogP contribution is -2.24. The quantitative estimate of drug-likeness (QED) is 0.465. The second kappa shape index (κ2) is 7.58. The van der Waals surface area contributed by atoms with Crippen LogP contribution in [-0.2, 0) is 9.53 Å². The first-order chi connectivity index (χ1) is 11.1. The molecule has 0 spiro atoms. The molecule has 4 heteroatoms. The average Bonchev–Trinajstić information content (AvgIpc) is 2.56. The molecule has 0 radical (unpaired) electrons. The van der Waals surface area contributed by atoms with E-state index >= 15 is 0 Å². The highest BCUT2D eigenvalue weighted by atomic mass is 16.5. The summed E-state index contributed by atoms with van der Waals surface area (Å²) in [7, 11) is 1.56. The summed E-state index contributed by atoms with van der Waals surface area (Å²) in [6.45, 7) is 3.90. The number of aryl methyl sites for hydroxylation is 1. The lowest BCUT2D eigenvalue weighted by Gasteiger charge is -2.15. The fourth-order valence-electron chi connectivity index (χ4n) is 2.30. The van der Waals surface area contributed by atoms with Crippen LogP contribution in [0.2, 0.25) is 0 Å². The van der Waals surface area contributed by atoms with Crippen LogP contribution in [0, 0.1) is 6.92 Å². The molecule has 0 fully saturated rings. The Morgan fingerprint density at radius 3 is 2.13 bits per heavy atom. The Bertz CT molecular complexity index is 672. The van der Waals surface area contributed by atoms with E-state index in [1.807, 2.05) is 19.1 Å². The SMILES string of the molecule is CCOC(=O)C(C(=O)c1ccc(C)cc1)c1ccc(OC)cc1. The Balaban J connectivity index is 2.38. The molecular weight excluding hydrogens is 292 g/mol. The molecule has 0 amide bonds. The van der Waals surface area contributed by atoms with Crippen molar-refractivity contribution in [2.24, 2.45) is 0 Å². The van der Waals surface area contributed by atoms with Gasteiger partial charge in [0.05, 0.1) is 13.7 Å². The lowest BCUT2D eigenvalue weighted by molar-refractivity contribution is -0.143. The molecule has 0 bridgehead atoms. The van der Waals surface area contributed by atoms with Crippen molar-refractivity contribution in [3.05, 3.63) is 65.2 Å². The van der Waals surface area contributed by atoms with Crippen LogP contribution >= 0.6 is 0 Å². The van der Waals surface area contributed by atoms with Crippen molar-refractivity contribution in [1.29, 1.82) is 0 Å². The first-order valence-electron chi connectivity index (χ1n) is 7.48. The number of Topliss-reactive ketones (excluding diaryl/α,β-unsaturated/α-hetero) is 1. The van der Waals surface area contributed by atoms with E-state index in [9.17, 15) is 9.59 Å². The second-order valence-corrected chi connectivity index (χ2v) is 5.19. The van der Waals surface area contributed by atoms with Crippen LogP contribution in [-0.4, -0.2) is 25.5 Å². The smallest absolute Gasteiger partial charge is 0.321 e. The van der Waals surface area contributed by atoms with Crippen molar-refractivity contribution in [1.82, 2.24) is 0 Å². The van der Waals surface area contributed by atoms with Crippen LogP contribution < -0.4 is 4.74 Å². The number of carbonyl (C=O) groups excluding carboxylic acids is 2. The van der Waals surface area contributed by atoms with Gasteiger partial charge in [-0.25, -0.2) is 0 Å². The van der Waals surface area contributed by atoms with Gasteiger partial charge in [-0.15, -0.1) is 0 Å². The van der Waals surface area contributed by atoms with E-state index < -0.39 is 11.9 Å². The molecule has 120 valence electrons. The number of rotatable bonds is 6. The molecule has 0 aromatic heterocycles. The number of ketones is 1. The van der Waals surface area contributed by atoms with Gasteiger partial charge in [-0.2, -0.15) is 0 Å². The molecule has 0 aliphatic heterocycles. The highest BCUT2D eigenvalue weighted by molar-refractivity contribution is 6.13. The standard InChI is InChI=1S/C19H20O4/c1-4-23-19(21)17(14-9-11-16(22-3)12-10-14)18(20)15-7-5-13(2)6-8-15/h5-12,17H,4H2,1-3H3. The number of hydrogen-bond donors (Lipinski definition) is 0. The average molecular weight is 312 g/mol. The van der Waals surface area contributed by atoms with E-state index in [2.05, 4.69) is 0 Å². The first-order valence-corrected chi connectivity index (χ1v) is 7.48. The van der Waals surface area contributed by atoms with Gasteiger partial charge >= 0.3 is 5.97 Å². The molecule has 1 unspecified atom stereocenters. The minimum absolute atomic E-state index is 0.229. The molecule has 0 N–H and O–H groups in total. The van der Waals surface area contributed by atoms with Gasteiger partial charge in [-0.1, -0.05) is 42.0 Å². The molecule has 2 aromatic rings. The summed E-state index contributed by atoms with van der Waals surface area (Å²) in [5.41, 5.74) is 2.14. The zero-order chi connectivity index (χ0) is 16.8. The van der Waals surface area contributed by atoms with E-state index in [1.165, 1.54) is 0 Å². The van der Waals surface area contributed by atoms with Crippen molar-refractivity contribution in [2.45, 2.75) is 19.8 Å². The Kier molecular flexibility index (Phi) is 5.52. The third kappa shape index (κ3) is 3.97. The number of ether oxygens (including phenoxy) is 2. The zero-order valence-corrected chi connectivity index (χ0v) is 13.5. The van der Waals surface area contributed by atoms with Gasteiger partial charge < -0.3 is 9.47 Å². The molecule has 0 aliphatic carbocycles. The van der Waals surface area contributed by atoms with Crippen LogP contribution in [0.4, 0.5) is 0 Å². The molecule has 0 saturated carbocycles. The van der Waals surface area contributed by atoms with Crippen LogP contribution in [0.25, 0.3) is 0 Å². The lowest BCUT2D eigenvalue weighted by atomic mass is 9.90. The maximum Gasteiger partial charge on any atom is 0.321 e. The first kappa shape index (κ1) is 16.7. The number of carbonyl (C=O) groups is 2. The molecule has 0 aliphatic rings. The van der Waals surface area contributed by atoms with Gasteiger partial charge in [-0.05, 0) is 31.5 Å². The highest BCUT2D eigenvalue weighted by Gasteiger charge is 2.30. The van der Waals surface area contributed by atoms with Crippen LogP contribution in [0.15, 0.2) is 48.5 Å². The highest BCUT2D eigenvalue weighted by Crippen LogP contribution is 2.25. The van der Waals surface area contributed by atoms with Crippen LogP contribution in [0.5, 0.6) is 5.75 Å². The maximum absolute atomic E-state index is 12.8. The summed E-state index contributed by atoms with van der Waals surface area (Å²) in [5.74, 6) is -1.11. The van der Waals surface area contributed by atoms with Gasteiger partial charge in [0.15, 0.2) is 5.78 Å². The van der Waals surface area contributed by atoms with Gasteiger partial charge in [0.2, 0.25) is 0 Å². The fourth-order valence-corrected chi connectivity index (χ4v) is 2.30. The van der Waals surface area contributed by atoms with Crippen molar-refractivity contribution in [2.75, 3.05) is 13.7 Å². The van der Waals surface area contributed by atoms with E-state index in [0.717, 1.165) is 5.56 Å². The van der Waals surface area contributed by atoms with E-state index in [0.29, 0.717) is 16.9 Å². The normalized spacial score (nSPS) is 11.6. The third-order valence-electron chi connectivity index (χ3n) is 3.57. The van der Waals surface area contributed by atoms with E-state index in [4.69, 9.17) is 9.47 Å². The summed E-state index contributed by atoms with van der Waals surface area (Å²) in [4.78, 5) is 25.1. The van der Waals surface area contributed by atoms with E-state index in [-0.39, 0.29) is 12.4 Å². The Labute approximate surface area is 136 Å². The summed E-state index contributed by atoms with van der Waals surface area (Å²) in [6, 6.07) is 14.0. The van der Waals surface area contributed by atoms with Gasteiger partial charge in [0, 0.05) is 5.56 Å². The second-order valence-electron chi connectivity index (χ2n) is 5.19. The molecule has 2 rings (SSSR count). The predicted octanol–water partition coefficient (Wildman–Crippen LogP) is 3.53. The van der Waals surface area contributed by atoms with Gasteiger partial charge in [-0.3, -0.25) is 9.59 Å². The Morgan fingerprint density at radius 2 is 1.61 bits per heavy atom. The Hall–Kier alpha value is -2.62. The molecule has 2 aromatic carbocycles. The molecular formula is C19H20O4. The van der Waals surface area contributed by atoms with Crippen molar-refractivity contribution in [3.8, 4) is 5.75 Å². The predicted molar refractivity (Wildman–Crippen MR) is 87.9 cm³/mol. The van der Waals surface area contributed by atoms with E-state index in [1.54, 1.807) is 50.4 Å². The number of hydrogen-bond acceptors (Lipinski definition) is 4. The monoisotopic (exact) mass is 312 g/mol. The number of esters is 1. The van der Waals surface area contributed by atoms with Crippen molar-refractivity contribution in [3.63, 3.8) is 0 Å². The maximum atomic E-state index is 12.8. The summed E-state index contributed by atoms with van der Waals surface area (Å²) >= 11 is 0.